The molecule has 2 nitrogen and oxygen atoms in total. The summed E-state index contributed by atoms with van der Waals surface area (Å²) < 4.78 is 5.67. The van der Waals surface area contributed by atoms with Crippen LogP contribution >= 0.6 is 0 Å². The fourth-order valence-corrected chi connectivity index (χ4v) is 3.04. The van der Waals surface area contributed by atoms with Crippen molar-refractivity contribution in [2.75, 3.05) is 33.9 Å². The first-order valence-corrected chi connectivity index (χ1v) is 11.1. The molecule has 150 valence electrons. The zero-order valence-corrected chi connectivity index (χ0v) is 17.7. The standard InChI is InChI=1S/C23H47NO/c1-4-5-6-7-8-9-10-11-12-13-14-15-16-17-18-19-22-25-23-20-21-24(2)3/h11-12H,4-10,13-23H2,1-3H3/b12-11-. The molecule has 0 aromatic heterocycles. The van der Waals surface area contributed by atoms with Gasteiger partial charge in [-0.2, -0.15) is 0 Å². The lowest BCUT2D eigenvalue weighted by Crippen LogP contribution is -2.14. The lowest BCUT2D eigenvalue weighted by Gasteiger charge is -2.09. The van der Waals surface area contributed by atoms with E-state index in [4.69, 9.17) is 4.74 Å². The van der Waals surface area contributed by atoms with Crippen LogP contribution in [0.2, 0.25) is 0 Å². The van der Waals surface area contributed by atoms with E-state index in [0.717, 1.165) is 26.2 Å². The van der Waals surface area contributed by atoms with Crippen molar-refractivity contribution < 1.29 is 4.74 Å². The Hall–Kier alpha value is -0.340. The average Bonchev–Trinajstić information content (AvgIpc) is 2.60. The van der Waals surface area contributed by atoms with Crippen molar-refractivity contribution in [2.24, 2.45) is 0 Å². The molecule has 0 aromatic rings. The summed E-state index contributed by atoms with van der Waals surface area (Å²) in [5.41, 5.74) is 0. The maximum atomic E-state index is 5.67. The summed E-state index contributed by atoms with van der Waals surface area (Å²) in [7, 11) is 4.23. The second-order valence-corrected chi connectivity index (χ2v) is 7.71. The van der Waals surface area contributed by atoms with Crippen molar-refractivity contribution in [1.29, 1.82) is 0 Å². The SMILES string of the molecule is CCCCCCCC/C=C\CCCCCCCCOCCCN(C)C. The van der Waals surface area contributed by atoms with Crippen molar-refractivity contribution in [3.8, 4) is 0 Å². The van der Waals surface area contributed by atoms with E-state index in [1.165, 1.54) is 89.9 Å². The summed E-state index contributed by atoms with van der Waals surface area (Å²) in [5, 5.41) is 0. The van der Waals surface area contributed by atoms with Gasteiger partial charge in [-0.15, -0.1) is 0 Å². The third-order valence-corrected chi connectivity index (χ3v) is 4.69. The van der Waals surface area contributed by atoms with Gasteiger partial charge in [0, 0.05) is 13.2 Å². The Bertz CT molecular complexity index is 263. The van der Waals surface area contributed by atoms with E-state index in [0.29, 0.717) is 0 Å². The number of unbranched alkanes of at least 4 members (excludes halogenated alkanes) is 12. The van der Waals surface area contributed by atoms with Crippen LogP contribution in [-0.2, 0) is 4.74 Å². The summed E-state index contributed by atoms with van der Waals surface area (Å²) in [5.74, 6) is 0. The summed E-state index contributed by atoms with van der Waals surface area (Å²) in [4.78, 5) is 2.22. The molecule has 0 saturated carbocycles. The van der Waals surface area contributed by atoms with E-state index in [1.807, 2.05) is 0 Å². The average molecular weight is 354 g/mol. The molecule has 0 unspecified atom stereocenters. The van der Waals surface area contributed by atoms with Crippen LogP contribution in [0, 0.1) is 0 Å². The van der Waals surface area contributed by atoms with Crippen LogP contribution in [0.5, 0.6) is 0 Å². The van der Waals surface area contributed by atoms with Gasteiger partial charge in [-0.05, 0) is 59.2 Å². The normalized spacial score (nSPS) is 11.8. The van der Waals surface area contributed by atoms with Crippen LogP contribution in [0.1, 0.15) is 103 Å². The molecule has 0 bridgehead atoms. The highest BCUT2D eigenvalue weighted by molar-refractivity contribution is 4.81. The monoisotopic (exact) mass is 353 g/mol. The van der Waals surface area contributed by atoms with E-state index in [9.17, 15) is 0 Å². The summed E-state index contributed by atoms with van der Waals surface area (Å²) in [6.07, 6.45) is 25.1. The largest absolute Gasteiger partial charge is 0.381 e. The molecule has 0 fully saturated rings. The molecular weight excluding hydrogens is 306 g/mol. The van der Waals surface area contributed by atoms with Gasteiger partial charge in [0.25, 0.3) is 0 Å². The zero-order valence-electron chi connectivity index (χ0n) is 17.7. The number of hydrogen-bond donors (Lipinski definition) is 0. The first kappa shape index (κ1) is 24.7. The van der Waals surface area contributed by atoms with Gasteiger partial charge in [-0.3, -0.25) is 0 Å². The van der Waals surface area contributed by atoms with Gasteiger partial charge in [-0.1, -0.05) is 76.9 Å². The second-order valence-electron chi connectivity index (χ2n) is 7.71. The molecule has 0 aliphatic carbocycles. The molecule has 0 heterocycles. The summed E-state index contributed by atoms with van der Waals surface area (Å²) in [6.45, 7) is 5.29. The Morgan fingerprint density at radius 3 is 1.64 bits per heavy atom. The highest BCUT2D eigenvalue weighted by atomic mass is 16.5. The summed E-state index contributed by atoms with van der Waals surface area (Å²) in [6, 6.07) is 0. The number of nitrogens with zero attached hydrogens (tertiary/aromatic N) is 1. The minimum absolute atomic E-state index is 0.920. The van der Waals surface area contributed by atoms with Crippen LogP contribution in [0.3, 0.4) is 0 Å². The van der Waals surface area contributed by atoms with Gasteiger partial charge in [0.2, 0.25) is 0 Å². The van der Waals surface area contributed by atoms with Crippen LogP contribution in [0.25, 0.3) is 0 Å². The fourth-order valence-electron chi connectivity index (χ4n) is 3.04. The van der Waals surface area contributed by atoms with Crippen molar-refractivity contribution in [3.05, 3.63) is 12.2 Å². The molecule has 0 saturated heterocycles. The molecule has 0 spiro atoms. The predicted molar refractivity (Wildman–Crippen MR) is 113 cm³/mol. The van der Waals surface area contributed by atoms with E-state index in [-0.39, 0.29) is 0 Å². The lowest BCUT2D eigenvalue weighted by molar-refractivity contribution is 0.122. The summed E-state index contributed by atoms with van der Waals surface area (Å²) >= 11 is 0. The molecule has 0 aromatic carbocycles. The number of allylic oxidation sites excluding steroid dienone is 2. The second kappa shape index (κ2) is 21.7. The number of ether oxygens (including phenoxy) is 1. The van der Waals surface area contributed by atoms with Crippen molar-refractivity contribution in [2.45, 2.75) is 103 Å². The molecule has 0 N–H and O–H groups in total. The fraction of sp³-hybridized carbons (Fsp3) is 0.913. The maximum absolute atomic E-state index is 5.67. The van der Waals surface area contributed by atoms with Crippen molar-refractivity contribution in [1.82, 2.24) is 4.90 Å². The molecule has 2 heteroatoms. The van der Waals surface area contributed by atoms with Gasteiger partial charge < -0.3 is 9.64 Å². The third-order valence-electron chi connectivity index (χ3n) is 4.69. The minimum atomic E-state index is 0.920. The minimum Gasteiger partial charge on any atom is -0.381 e. The molecular formula is C23H47NO. The Labute approximate surface area is 159 Å². The molecule has 0 rings (SSSR count). The molecule has 0 radical (unpaired) electrons. The van der Waals surface area contributed by atoms with Gasteiger partial charge in [0.1, 0.15) is 0 Å². The maximum Gasteiger partial charge on any atom is 0.0478 e. The van der Waals surface area contributed by atoms with Crippen molar-refractivity contribution in [3.63, 3.8) is 0 Å². The number of rotatable bonds is 20. The quantitative estimate of drug-likeness (QED) is 0.173. The lowest BCUT2D eigenvalue weighted by atomic mass is 10.1. The van der Waals surface area contributed by atoms with Crippen LogP contribution in [-0.4, -0.2) is 38.8 Å². The third kappa shape index (κ3) is 23.7. The zero-order chi connectivity index (χ0) is 18.4. The van der Waals surface area contributed by atoms with E-state index in [1.54, 1.807) is 0 Å². The van der Waals surface area contributed by atoms with E-state index in [2.05, 4.69) is 38.1 Å². The molecule has 0 atom stereocenters. The van der Waals surface area contributed by atoms with Crippen LogP contribution in [0.15, 0.2) is 12.2 Å². The van der Waals surface area contributed by atoms with Gasteiger partial charge in [0.15, 0.2) is 0 Å². The highest BCUT2D eigenvalue weighted by Gasteiger charge is 1.94. The van der Waals surface area contributed by atoms with E-state index >= 15 is 0 Å². The van der Waals surface area contributed by atoms with E-state index < -0.39 is 0 Å². The first-order valence-electron chi connectivity index (χ1n) is 11.1. The van der Waals surface area contributed by atoms with Crippen LogP contribution < -0.4 is 0 Å². The topological polar surface area (TPSA) is 12.5 Å². The Balaban J connectivity index is 3.05. The Kier molecular flexibility index (Phi) is 21.4. The molecule has 25 heavy (non-hydrogen) atoms. The molecule has 0 amide bonds. The molecule has 0 aliphatic rings. The van der Waals surface area contributed by atoms with Crippen LogP contribution in [0.4, 0.5) is 0 Å². The van der Waals surface area contributed by atoms with Gasteiger partial charge in [-0.25, -0.2) is 0 Å². The smallest absolute Gasteiger partial charge is 0.0478 e. The first-order chi connectivity index (χ1) is 12.3. The van der Waals surface area contributed by atoms with Gasteiger partial charge >= 0.3 is 0 Å². The van der Waals surface area contributed by atoms with Gasteiger partial charge in [0.05, 0.1) is 0 Å². The predicted octanol–water partition coefficient (Wildman–Crippen LogP) is 6.99. The Morgan fingerprint density at radius 1 is 0.600 bits per heavy atom. The van der Waals surface area contributed by atoms with Crippen molar-refractivity contribution >= 4 is 0 Å². The molecule has 0 aliphatic heterocycles. The Morgan fingerprint density at radius 2 is 1.08 bits per heavy atom. The number of hydrogen-bond acceptors (Lipinski definition) is 2. The highest BCUT2D eigenvalue weighted by Crippen LogP contribution is 2.10.